The van der Waals surface area contributed by atoms with Crippen LogP contribution in [0.5, 0.6) is 0 Å². The minimum Gasteiger partial charge on any atom is -0.356 e. The van der Waals surface area contributed by atoms with E-state index >= 15 is 0 Å². The average Bonchev–Trinajstić information content (AvgIpc) is 2.57. The summed E-state index contributed by atoms with van der Waals surface area (Å²) in [5.41, 5.74) is 0.892. The van der Waals surface area contributed by atoms with Crippen LogP contribution in [0.25, 0.3) is 0 Å². The minimum absolute atomic E-state index is 0.404. The monoisotopic (exact) mass is 287 g/mol. The van der Waals surface area contributed by atoms with Crippen LogP contribution in [0.4, 0.5) is 5.95 Å². The molecule has 0 atom stereocenters. The zero-order valence-corrected chi connectivity index (χ0v) is 13.3. The molecule has 0 aliphatic carbocycles. The Morgan fingerprint density at radius 2 is 2.05 bits per heavy atom. The Labute approximate surface area is 116 Å². The molecule has 6 heteroatoms. The lowest BCUT2D eigenvalue weighted by Gasteiger charge is -2.24. The van der Waals surface area contributed by atoms with Gasteiger partial charge in [0.1, 0.15) is 0 Å². The van der Waals surface area contributed by atoms with Crippen molar-refractivity contribution in [2.45, 2.75) is 51.8 Å². The molecule has 110 valence electrons. The van der Waals surface area contributed by atoms with Gasteiger partial charge in [0, 0.05) is 25.5 Å². The molecule has 19 heavy (non-hydrogen) atoms. The first kappa shape index (κ1) is 16.0. The van der Waals surface area contributed by atoms with Crippen LogP contribution in [0.1, 0.15) is 39.3 Å². The zero-order valence-electron chi connectivity index (χ0n) is 12.5. The molecule has 0 fully saturated rings. The predicted molar refractivity (Wildman–Crippen MR) is 79.3 cm³/mol. The van der Waals surface area contributed by atoms with Gasteiger partial charge in [-0.25, -0.2) is 13.4 Å². The Hall–Kier alpha value is -1.04. The third kappa shape index (κ3) is 4.23. The van der Waals surface area contributed by atoms with Crippen LogP contribution in [-0.4, -0.2) is 35.5 Å². The maximum absolute atomic E-state index is 11.8. The Bertz CT molecular complexity index is 518. The second-order valence-electron chi connectivity index (χ2n) is 5.65. The van der Waals surface area contributed by atoms with Gasteiger partial charge in [-0.2, -0.15) is 0 Å². The van der Waals surface area contributed by atoms with Crippen molar-refractivity contribution in [1.82, 2.24) is 9.55 Å². The molecule has 0 spiro atoms. The molecule has 1 rings (SSSR count). The molecule has 0 bridgehead atoms. The molecule has 0 aliphatic heterocycles. The van der Waals surface area contributed by atoms with E-state index in [0.29, 0.717) is 6.54 Å². The van der Waals surface area contributed by atoms with Crippen molar-refractivity contribution in [3.8, 4) is 0 Å². The maximum atomic E-state index is 11.8. The number of anilines is 1. The van der Waals surface area contributed by atoms with Crippen molar-refractivity contribution >= 4 is 15.8 Å². The number of imidazole rings is 1. The van der Waals surface area contributed by atoms with Crippen LogP contribution in [0.2, 0.25) is 0 Å². The fourth-order valence-corrected chi connectivity index (χ4v) is 2.09. The van der Waals surface area contributed by atoms with E-state index in [4.69, 9.17) is 0 Å². The molecule has 0 aliphatic rings. The van der Waals surface area contributed by atoms with Gasteiger partial charge in [-0.3, -0.25) is 0 Å². The first-order chi connectivity index (χ1) is 8.67. The smallest absolute Gasteiger partial charge is 0.203 e. The molecule has 0 aromatic carbocycles. The summed E-state index contributed by atoms with van der Waals surface area (Å²) in [4.78, 5) is 4.41. The summed E-state index contributed by atoms with van der Waals surface area (Å²) in [5.74, 6) is 0.752. The number of aromatic nitrogens is 2. The SMILES string of the molecule is CCCCNc1nc(C)cn1CC(C)(C)S(C)(=O)=O. The van der Waals surface area contributed by atoms with Gasteiger partial charge in [-0.15, -0.1) is 0 Å². The summed E-state index contributed by atoms with van der Waals surface area (Å²) < 4.78 is 24.7. The van der Waals surface area contributed by atoms with E-state index in [0.717, 1.165) is 31.0 Å². The van der Waals surface area contributed by atoms with Gasteiger partial charge in [0.2, 0.25) is 5.95 Å². The summed E-state index contributed by atoms with van der Waals surface area (Å²) in [7, 11) is -3.11. The van der Waals surface area contributed by atoms with E-state index in [9.17, 15) is 8.42 Å². The standard InChI is InChI=1S/C13H25N3O2S/c1-6-7-8-14-12-15-11(2)9-16(12)10-13(3,4)19(5,17)18/h9H,6-8,10H2,1-5H3,(H,14,15). The number of hydrogen-bond donors (Lipinski definition) is 1. The van der Waals surface area contributed by atoms with Crippen LogP contribution < -0.4 is 5.32 Å². The second-order valence-corrected chi connectivity index (χ2v) is 8.30. The van der Waals surface area contributed by atoms with Crippen molar-refractivity contribution in [2.24, 2.45) is 0 Å². The van der Waals surface area contributed by atoms with Gasteiger partial charge >= 0.3 is 0 Å². The fourth-order valence-electron chi connectivity index (χ4n) is 1.71. The first-order valence-electron chi connectivity index (χ1n) is 6.64. The number of nitrogens with one attached hydrogen (secondary N) is 1. The number of aryl methyl sites for hydroxylation is 1. The number of unbranched alkanes of at least 4 members (excludes halogenated alkanes) is 1. The van der Waals surface area contributed by atoms with E-state index < -0.39 is 14.6 Å². The topological polar surface area (TPSA) is 64.0 Å². The molecule has 5 nitrogen and oxygen atoms in total. The maximum Gasteiger partial charge on any atom is 0.203 e. The van der Waals surface area contributed by atoms with E-state index in [2.05, 4.69) is 17.2 Å². The lowest BCUT2D eigenvalue weighted by atomic mass is 10.2. The van der Waals surface area contributed by atoms with Gasteiger partial charge in [0.15, 0.2) is 9.84 Å². The average molecular weight is 287 g/mol. The van der Waals surface area contributed by atoms with Gasteiger partial charge in [-0.1, -0.05) is 13.3 Å². The van der Waals surface area contributed by atoms with Gasteiger partial charge < -0.3 is 9.88 Å². The van der Waals surface area contributed by atoms with E-state index in [1.54, 1.807) is 13.8 Å². The Morgan fingerprint density at radius 3 is 2.58 bits per heavy atom. The minimum atomic E-state index is -3.11. The molecule has 0 unspecified atom stereocenters. The molecule has 0 amide bonds. The Morgan fingerprint density at radius 1 is 1.42 bits per heavy atom. The van der Waals surface area contributed by atoms with Crippen LogP contribution in [0.3, 0.4) is 0 Å². The highest BCUT2D eigenvalue weighted by atomic mass is 32.2. The predicted octanol–water partition coefficient (Wildman–Crippen LogP) is 2.23. The molecule has 1 N–H and O–H groups in total. The van der Waals surface area contributed by atoms with Crippen LogP contribution in [-0.2, 0) is 16.4 Å². The summed E-state index contributed by atoms with van der Waals surface area (Å²) >= 11 is 0. The Kier molecular flexibility index (Phi) is 5.01. The number of nitrogens with zero attached hydrogens (tertiary/aromatic N) is 2. The largest absolute Gasteiger partial charge is 0.356 e. The van der Waals surface area contributed by atoms with Crippen LogP contribution >= 0.6 is 0 Å². The summed E-state index contributed by atoms with van der Waals surface area (Å²) in [6, 6.07) is 0. The van der Waals surface area contributed by atoms with Crippen molar-refractivity contribution in [2.75, 3.05) is 18.1 Å². The van der Waals surface area contributed by atoms with Crippen LogP contribution in [0.15, 0.2) is 6.20 Å². The van der Waals surface area contributed by atoms with Crippen molar-refractivity contribution in [3.63, 3.8) is 0 Å². The van der Waals surface area contributed by atoms with Crippen molar-refractivity contribution in [1.29, 1.82) is 0 Å². The zero-order chi connectivity index (χ0) is 14.7. The molecule has 1 heterocycles. The lowest BCUT2D eigenvalue weighted by molar-refractivity contribution is 0.504. The molecule has 1 aromatic heterocycles. The van der Waals surface area contributed by atoms with E-state index in [-0.39, 0.29) is 0 Å². The highest BCUT2D eigenvalue weighted by molar-refractivity contribution is 7.92. The van der Waals surface area contributed by atoms with Crippen molar-refractivity contribution in [3.05, 3.63) is 11.9 Å². The lowest BCUT2D eigenvalue weighted by Crippen LogP contribution is -2.36. The van der Waals surface area contributed by atoms with Crippen molar-refractivity contribution < 1.29 is 8.42 Å². The van der Waals surface area contributed by atoms with E-state index in [1.165, 1.54) is 6.26 Å². The van der Waals surface area contributed by atoms with Gasteiger partial charge in [-0.05, 0) is 27.2 Å². The number of rotatable bonds is 7. The summed E-state index contributed by atoms with van der Waals surface area (Å²) in [5, 5.41) is 3.27. The Balaban J connectivity index is 2.89. The molecule has 0 saturated heterocycles. The third-order valence-electron chi connectivity index (χ3n) is 3.27. The second kappa shape index (κ2) is 5.94. The fraction of sp³-hybridized carbons (Fsp3) is 0.769. The van der Waals surface area contributed by atoms with Crippen LogP contribution in [0, 0.1) is 6.92 Å². The highest BCUT2D eigenvalue weighted by Crippen LogP contribution is 2.21. The molecule has 1 aromatic rings. The summed E-state index contributed by atoms with van der Waals surface area (Å²) in [6.07, 6.45) is 5.35. The number of hydrogen-bond acceptors (Lipinski definition) is 4. The van der Waals surface area contributed by atoms with Gasteiger partial charge in [0.05, 0.1) is 10.4 Å². The van der Waals surface area contributed by atoms with E-state index in [1.807, 2.05) is 17.7 Å². The quantitative estimate of drug-likeness (QED) is 0.781. The molecule has 0 radical (unpaired) electrons. The number of sulfone groups is 1. The third-order valence-corrected chi connectivity index (χ3v) is 5.40. The molecular formula is C13H25N3O2S. The first-order valence-corrected chi connectivity index (χ1v) is 8.54. The normalized spacial score (nSPS) is 12.7. The summed E-state index contributed by atoms with van der Waals surface area (Å²) in [6.45, 7) is 8.79. The highest BCUT2D eigenvalue weighted by Gasteiger charge is 2.31. The molecule has 0 saturated carbocycles. The molecular weight excluding hydrogens is 262 g/mol. The van der Waals surface area contributed by atoms with Gasteiger partial charge in [0.25, 0.3) is 0 Å².